The van der Waals surface area contributed by atoms with Gasteiger partial charge in [-0.15, -0.1) is 0 Å². The second-order valence-electron chi connectivity index (χ2n) is 6.64. The van der Waals surface area contributed by atoms with Crippen LogP contribution in [0.3, 0.4) is 0 Å². The van der Waals surface area contributed by atoms with Gasteiger partial charge in [-0.05, 0) is 38.0 Å². The lowest BCUT2D eigenvalue weighted by atomic mass is 9.78. The van der Waals surface area contributed by atoms with E-state index >= 15 is 0 Å². The number of likely N-dealkylation sites (tertiary alicyclic amines) is 2. The summed E-state index contributed by atoms with van der Waals surface area (Å²) in [4.78, 5) is 27.9. The second-order valence-corrected chi connectivity index (χ2v) is 6.64. The Balaban J connectivity index is 1.98. The number of aliphatic carboxylic acids is 1. The fourth-order valence-electron chi connectivity index (χ4n) is 3.76. The van der Waals surface area contributed by atoms with E-state index in [1.54, 1.807) is 4.90 Å². The van der Waals surface area contributed by atoms with Gasteiger partial charge in [0, 0.05) is 26.2 Å². The van der Waals surface area contributed by atoms with Gasteiger partial charge in [0.2, 0.25) is 0 Å². The van der Waals surface area contributed by atoms with E-state index in [4.69, 9.17) is 0 Å². The van der Waals surface area contributed by atoms with Crippen molar-refractivity contribution >= 4 is 12.0 Å². The Kier molecular flexibility index (Phi) is 5.12. The van der Waals surface area contributed by atoms with E-state index in [0.29, 0.717) is 31.8 Å². The molecule has 2 saturated heterocycles. The monoisotopic (exact) mass is 296 g/mol. The summed E-state index contributed by atoms with van der Waals surface area (Å²) < 4.78 is 0. The molecule has 1 N–H and O–H groups in total. The van der Waals surface area contributed by atoms with E-state index in [-0.39, 0.29) is 6.03 Å². The zero-order valence-electron chi connectivity index (χ0n) is 13.3. The molecule has 2 aliphatic rings. The fraction of sp³-hybridized carbons (Fsp3) is 0.875. The number of carbonyl (C=O) groups is 2. The van der Waals surface area contributed by atoms with Gasteiger partial charge in [-0.25, -0.2) is 4.79 Å². The summed E-state index contributed by atoms with van der Waals surface area (Å²) >= 11 is 0. The molecule has 0 aromatic carbocycles. The number of carboxylic acids is 1. The lowest BCUT2D eigenvalue weighted by Crippen LogP contribution is -2.53. The third-order valence-corrected chi connectivity index (χ3v) is 5.23. The minimum Gasteiger partial charge on any atom is -0.481 e. The molecule has 2 heterocycles. The third kappa shape index (κ3) is 3.33. The minimum atomic E-state index is -0.757. The molecule has 0 bridgehead atoms. The van der Waals surface area contributed by atoms with Gasteiger partial charge in [0.15, 0.2) is 0 Å². The number of piperidine rings is 1. The highest BCUT2D eigenvalue weighted by molar-refractivity contribution is 5.79. The van der Waals surface area contributed by atoms with Gasteiger partial charge >= 0.3 is 12.0 Å². The Labute approximate surface area is 127 Å². The summed E-state index contributed by atoms with van der Waals surface area (Å²) in [5, 5.41) is 9.51. The maximum Gasteiger partial charge on any atom is 0.320 e. The van der Waals surface area contributed by atoms with E-state index in [1.807, 2.05) is 11.8 Å². The Morgan fingerprint density at radius 1 is 1.24 bits per heavy atom. The Bertz CT molecular complexity index is 399. The number of carbonyl (C=O) groups excluding carboxylic acids is 1. The minimum absolute atomic E-state index is 0.0485. The first-order chi connectivity index (χ1) is 10.0. The number of hydrogen-bond acceptors (Lipinski definition) is 2. The van der Waals surface area contributed by atoms with Crippen LogP contribution in [0.15, 0.2) is 0 Å². The van der Waals surface area contributed by atoms with Crippen LogP contribution < -0.4 is 0 Å². The van der Waals surface area contributed by atoms with Crippen LogP contribution in [0.25, 0.3) is 0 Å². The van der Waals surface area contributed by atoms with Gasteiger partial charge in [0.25, 0.3) is 0 Å². The standard InChI is InChI=1S/C16H28N2O3/c1-3-6-13-7-10-17(11-13)15(21)18-9-5-8-16(4-2,12-18)14(19)20/h13H,3-12H2,1-2H3,(H,19,20). The van der Waals surface area contributed by atoms with Crippen molar-refractivity contribution < 1.29 is 14.7 Å². The molecule has 0 spiro atoms. The molecule has 2 unspecified atom stereocenters. The van der Waals surface area contributed by atoms with E-state index in [2.05, 4.69) is 6.92 Å². The highest BCUT2D eigenvalue weighted by Crippen LogP contribution is 2.34. The molecule has 0 aliphatic carbocycles. The fourth-order valence-corrected chi connectivity index (χ4v) is 3.76. The van der Waals surface area contributed by atoms with E-state index < -0.39 is 11.4 Å². The van der Waals surface area contributed by atoms with E-state index in [0.717, 1.165) is 32.4 Å². The predicted molar refractivity (Wildman–Crippen MR) is 81.2 cm³/mol. The third-order valence-electron chi connectivity index (χ3n) is 5.23. The van der Waals surface area contributed by atoms with Crippen LogP contribution in [0, 0.1) is 11.3 Å². The molecule has 5 nitrogen and oxygen atoms in total. The van der Waals surface area contributed by atoms with Crippen molar-refractivity contribution in [2.24, 2.45) is 11.3 Å². The van der Waals surface area contributed by atoms with Crippen LogP contribution in [0.2, 0.25) is 0 Å². The number of nitrogens with zero attached hydrogens (tertiary/aromatic N) is 2. The number of urea groups is 1. The molecule has 2 atom stereocenters. The highest BCUT2D eigenvalue weighted by atomic mass is 16.4. The van der Waals surface area contributed by atoms with Gasteiger partial charge in [0.1, 0.15) is 0 Å². The van der Waals surface area contributed by atoms with Crippen molar-refractivity contribution in [3.8, 4) is 0 Å². The summed E-state index contributed by atoms with van der Waals surface area (Å²) in [6.45, 7) is 6.82. The molecule has 0 saturated carbocycles. The Morgan fingerprint density at radius 2 is 2.00 bits per heavy atom. The molecular formula is C16H28N2O3. The highest BCUT2D eigenvalue weighted by Gasteiger charge is 2.43. The molecule has 2 amide bonds. The van der Waals surface area contributed by atoms with E-state index in [1.165, 1.54) is 6.42 Å². The summed E-state index contributed by atoms with van der Waals surface area (Å²) in [7, 11) is 0. The van der Waals surface area contributed by atoms with Gasteiger partial charge in [0.05, 0.1) is 5.41 Å². The van der Waals surface area contributed by atoms with Crippen molar-refractivity contribution in [3.63, 3.8) is 0 Å². The summed E-state index contributed by atoms with van der Waals surface area (Å²) in [6.07, 6.45) is 5.49. The van der Waals surface area contributed by atoms with Gasteiger partial charge in [-0.3, -0.25) is 4.79 Å². The first-order valence-corrected chi connectivity index (χ1v) is 8.29. The molecule has 0 aromatic heterocycles. The van der Waals surface area contributed by atoms with Crippen molar-refractivity contribution in [3.05, 3.63) is 0 Å². The maximum atomic E-state index is 12.6. The quantitative estimate of drug-likeness (QED) is 0.867. The SMILES string of the molecule is CCCC1CCN(C(=O)N2CCCC(CC)(C(=O)O)C2)C1. The molecular weight excluding hydrogens is 268 g/mol. The largest absolute Gasteiger partial charge is 0.481 e. The predicted octanol–water partition coefficient (Wildman–Crippen LogP) is 2.81. The summed E-state index contributed by atoms with van der Waals surface area (Å²) in [5.74, 6) is -0.132. The zero-order chi connectivity index (χ0) is 15.5. The van der Waals surface area contributed by atoms with Crippen molar-refractivity contribution in [2.75, 3.05) is 26.2 Å². The van der Waals surface area contributed by atoms with Crippen LogP contribution in [0.4, 0.5) is 4.79 Å². The Hall–Kier alpha value is -1.26. The molecule has 5 heteroatoms. The van der Waals surface area contributed by atoms with Crippen molar-refractivity contribution in [1.82, 2.24) is 9.80 Å². The van der Waals surface area contributed by atoms with Gasteiger partial charge in [-0.2, -0.15) is 0 Å². The smallest absolute Gasteiger partial charge is 0.320 e. The molecule has 0 radical (unpaired) electrons. The number of amides is 2. The zero-order valence-corrected chi connectivity index (χ0v) is 13.3. The van der Waals surface area contributed by atoms with Crippen molar-refractivity contribution in [2.45, 2.75) is 52.4 Å². The van der Waals surface area contributed by atoms with Crippen LogP contribution in [-0.4, -0.2) is 53.1 Å². The lowest BCUT2D eigenvalue weighted by molar-refractivity contribution is -0.152. The first kappa shape index (κ1) is 16.1. The molecule has 0 aromatic rings. The number of hydrogen-bond donors (Lipinski definition) is 1. The number of rotatable bonds is 4. The van der Waals surface area contributed by atoms with Gasteiger partial charge in [-0.1, -0.05) is 20.3 Å². The molecule has 2 fully saturated rings. The molecule has 120 valence electrons. The average molecular weight is 296 g/mol. The lowest BCUT2D eigenvalue weighted by Gasteiger charge is -2.40. The molecule has 21 heavy (non-hydrogen) atoms. The topological polar surface area (TPSA) is 60.9 Å². The number of carboxylic acid groups (broad SMARTS) is 1. The van der Waals surface area contributed by atoms with Crippen molar-refractivity contribution in [1.29, 1.82) is 0 Å². The van der Waals surface area contributed by atoms with E-state index in [9.17, 15) is 14.7 Å². The van der Waals surface area contributed by atoms with Crippen LogP contribution in [-0.2, 0) is 4.79 Å². The summed E-state index contributed by atoms with van der Waals surface area (Å²) in [6, 6.07) is 0.0485. The van der Waals surface area contributed by atoms with Gasteiger partial charge < -0.3 is 14.9 Å². The molecule has 2 rings (SSSR count). The normalized spacial score (nSPS) is 29.7. The first-order valence-electron chi connectivity index (χ1n) is 8.29. The maximum absolute atomic E-state index is 12.6. The second kappa shape index (κ2) is 6.67. The van der Waals surface area contributed by atoms with Crippen LogP contribution in [0.5, 0.6) is 0 Å². The van der Waals surface area contributed by atoms with Crippen LogP contribution >= 0.6 is 0 Å². The molecule has 2 aliphatic heterocycles. The Morgan fingerprint density at radius 3 is 2.62 bits per heavy atom. The average Bonchev–Trinajstić information content (AvgIpc) is 2.95. The summed E-state index contributed by atoms with van der Waals surface area (Å²) in [5.41, 5.74) is -0.740. The van der Waals surface area contributed by atoms with Crippen LogP contribution in [0.1, 0.15) is 52.4 Å².